The third kappa shape index (κ3) is 4.85. The van der Waals surface area contributed by atoms with E-state index in [0.717, 1.165) is 6.42 Å². The van der Waals surface area contributed by atoms with E-state index >= 15 is 0 Å². The maximum Gasteiger partial charge on any atom is 0.240 e. The number of nitrogens with zero attached hydrogens (tertiary/aromatic N) is 1. The van der Waals surface area contributed by atoms with Crippen LogP contribution in [0, 0.1) is 18.3 Å². The molecule has 0 aromatic rings. The van der Waals surface area contributed by atoms with Crippen LogP contribution in [0.25, 0.3) is 0 Å². The molecule has 15 heavy (non-hydrogen) atoms. The predicted molar refractivity (Wildman–Crippen MR) is 63.1 cm³/mol. The van der Waals surface area contributed by atoms with Crippen molar-refractivity contribution in [3.8, 4) is 12.3 Å². The van der Waals surface area contributed by atoms with Gasteiger partial charge in [-0.05, 0) is 19.3 Å². The van der Waals surface area contributed by atoms with Crippen molar-refractivity contribution in [3.63, 3.8) is 0 Å². The SMILES string of the molecule is C#CCC(N)C(=O)N(C)C(C)CC(C)C. The molecule has 0 aromatic carbocycles. The van der Waals surface area contributed by atoms with Crippen molar-refractivity contribution >= 4 is 5.91 Å². The molecule has 0 bridgehead atoms. The van der Waals surface area contributed by atoms with Crippen LogP contribution in [-0.2, 0) is 4.79 Å². The van der Waals surface area contributed by atoms with Gasteiger partial charge >= 0.3 is 0 Å². The van der Waals surface area contributed by atoms with Crippen LogP contribution in [0.15, 0.2) is 0 Å². The monoisotopic (exact) mass is 210 g/mol. The highest BCUT2D eigenvalue weighted by Gasteiger charge is 2.21. The smallest absolute Gasteiger partial charge is 0.240 e. The van der Waals surface area contributed by atoms with E-state index in [-0.39, 0.29) is 11.9 Å². The maximum absolute atomic E-state index is 11.8. The van der Waals surface area contributed by atoms with Crippen LogP contribution >= 0.6 is 0 Å². The number of hydrogen-bond acceptors (Lipinski definition) is 2. The third-order valence-electron chi connectivity index (χ3n) is 2.48. The van der Waals surface area contributed by atoms with E-state index in [1.165, 1.54) is 0 Å². The molecular formula is C12H22N2O. The van der Waals surface area contributed by atoms with E-state index in [9.17, 15) is 4.79 Å². The summed E-state index contributed by atoms with van der Waals surface area (Å²) in [5.41, 5.74) is 5.66. The van der Waals surface area contributed by atoms with Gasteiger partial charge in [-0.15, -0.1) is 12.3 Å². The van der Waals surface area contributed by atoms with Crippen molar-refractivity contribution < 1.29 is 4.79 Å². The van der Waals surface area contributed by atoms with Crippen molar-refractivity contribution in [3.05, 3.63) is 0 Å². The van der Waals surface area contributed by atoms with Gasteiger partial charge in [0.1, 0.15) is 0 Å². The van der Waals surface area contributed by atoms with E-state index in [0.29, 0.717) is 12.3 Å². The molecular weight excluding hydrogens is 188 g/mol. The summed E-state index contributed by atoms with van der Waals surface area (Å²) >= 11 is 0. The number of hydrogen-bond donors (Lipinski definition) is 1. The first-order valence-electron chi connectivity index (χ1n) is 5.35. The molecule has 0 heterocycles. The number of amides is 1. The highest BCUT2D eigenvalue weighted by Crippen LogP contribution is 2.10. The molecule has 0 radical (unpaired) electrons. The highest BCUT2D eigenvalue weighted by atomic mass is 16.2. The lowest BCUT2D eigenvalue weighted by Gasteiger charge is -2.28. The first-order chi connectivity index (χ1) is 6.90. The Bertz CT molecular complexity index is 242. The first-order valence-corrected chi connectivity index (χ1v) is 5.35. The number of rotatable bonds is 5. The fraction of sp³-hybridized carbons (Fsp3) is 0.750. The Hall–Kier alpha value is -1.01. The van der Waals surface area contributed by atoms with Crippen molar-refractivity contribution in [2.45, 2.75) is 45.7 Å². The van der Waals surface area contributed by atoms with E-state index in [2.05, 4.69) is 19.8 Å². The summed E-state index contributed by atoms with van der Waals surface area (Å²) in [5, 5.41) is 0. The molecule has 0 rings (SSSR count). The van der Waals surface area contributed by atoms with Crippen molar-refractivity contribution in [1.82, 2.24) is 4.90 Å². The Kier molecular flexibility index (Phi) is 6.03. The van der Waals surface area contributed by atoms with Gasteiger partial charge in [-0.25, -0.2) is 0 Å². The van der Waals surface area contributed by atoms with Crippen LogP contribution in [0.4, 0.5) is 0 Å². The molecule has 2 atom stereocenters. The fourth-order valence-corrected chi connectivity index (χ4v) is 1.53. The minimum absolute atomic E-state index is 0.0684. The van der Waals surface area contributed by atoms with E-state index < -0.39 is 6.04 Å². The molecule has 1 amide bonds. The van der Waals surface area contributed by atoms with E-state index in [1.54, 1.807) is 11.9 Å². The lowest BCUT2D eigenvalue weighted by Crippen LogP contribution is -2.45. The summed E-state index contributed by atoms with van der Waals surface area (Å²) in [5.74, 6) is 2.91. The molecule has 0 aliphatic heterocycles. The first kappa shape index (κ1) is 14.0. The van der Waals surface area contributed by atoms with Gasteiger partial charge in [0.25, 0.3) is 0 Å². The zero-order valence-electron chi connectivity index (χ0n) is 10.2. The van der Waals surface area contributed by atoms with Gasteiger partial charge in [0, 0.05) is 19.5 Å². The lowest BCUT2D eigenvalue weighted by molar-refractivity contribution is -0.133. The average Bonchev–Trinajstić information content (AvgIpc) is 2.14. The summed E-state index contributed by atoms with van der Waals surface area (Å²) in [6, 6.07) is -0.351. The Labute approximate surface area is 93.0 Å². The number of terminal acetylenes is 1. The van der Waals surface area contributed by atoms with Gasteiger partial charge in [-0.3, -0.25) is 4.79 Å². The van der Waals surface area contributed by atoms with Gasteiger partial charge in [0.15, 0.2) is 0 Å². The second-order valence-electron chi connectivity index (χ2n) is 4.44. The lowest BCUT2D eigenvalue weighted by atomic mass is 10.0. The molecule has 0 saturated carbocycles. The molecule has 2 N–H and O–H groups in total. The summed E-state index contributed by atoms with van der Waals surface area (Å²) in [4.78, 5) is 13.5. The fourth-order valence-electron chi connectivity index (χ4n) is 1.53. The molecule has 0 aliphatic rings. The van der Waals surface area contributed by atoms with Crippen LogP contribution in [0.2, 0.25) is 0 Å². The van der Waals surface area contributed by atoms with Gasteiger partial charge < -0.3 is 10.6 Å². The van der Waals surface area contributed by atoms with Crippen LogP contribution < -0.4 is 5.73 Å². The van der Waals surface area contributed by atoms with E-state index in [4.69, 9.17) is 12.2 Å². The molecule has 0 fully saturated rings. The Morgan fingerprint density at radius 1 is 1.47 bits per heavy atom. The van der Waals surface area contributed by atoms with E-state index in [1.807, 2.05) is 6.92 Å². The second kappa shape index (κ2) is 6.47. The highest BCUT2D eigenvalue weighted by molar-refractivity contribution is 5.81. The zero-order valence-corrected chi connectivity index (χ0v) is 10.2. The zero-order chi connectivity index (χ0) is 12.0. The van der Waals surface area contributed by atoms with Crippen molar-refractivity contribution in [2.75, 3.05) is 7.05 Å². The molecule has 86 valence electrons. The van der Waals surface area contributed by atoms with Crippen molar-refractivity contribution in [2.24, 2.45) is 11.7 Å². The molecule has 0 aromatic heterocycles. The molecule has 3 nitrogen and oxygen atoms in total. The van der Waals surface area contributed by atoms with Crippen LogP contribution in [0.3, 0.4) is 0 Å². The van der Waals surface area contributed by atoms with Crippen LogP contribution in [-0.4, -0.2) is 29.9 Å². The topological polar surface area (TPSA) is 46.3 Å². The number of carbonyl (C=O) groups is 1. The molecule has 3 heteroatoms. The normalized spacial score (nSPS) is 14.5. The molecule has 0 aliphatic carbocycles. The number of carbonyl (C=O) groups excluding carboxylic acids is 1. The second-order valence-corrected chi connectivity index (χ2v) is 4.44. The largest absolute Gasteiger partial charge is 0.342 e. The third-order valence-corrected chi connectivity index (χ3v) is 2.48. The number of nitrogens with two attached hydrogens (primary N) is 1. The quantitative estimate of drug-likeness (QED) is 0.694. The summed E-state index contributed by atoms with van der Waals surface area (Å²) < 4.78 is 0. The Balaban J connectivity index is 4.25. The number of likely N-dealkylation sites (N-methyl/N-ethyl adjacent to an activating group) is 1. The predicted octanol–water partition coefficient (Wildman–Crippen LogP) is 1.23. The van der Waals surface area contributed by atoms with Gasteiger partial charge in [0.2, 0.25) is 5.91 Å². The summed E-state index contributed by atoms with van der Waals surface area (Å²) in [6.07, 6.45) is 6.40. The average molecular weight is 210 g/mol. The summed E-state index contributed by atoms with van der Waals surface area (Å²) in [6.45, 7) is 6.30. The Morgan fingerprint density at radius 2 is 2.00 bits per heavy atom. The van der Waals surface area contributed by atoms with Gasteiger partial charge in [0.05, 0.1) is 6.04 Å². The molecule has 0 saturated heterocycles. The Morgan fingerprint density at radius 3 is 2.40 bits per heavy atom. The van der Waals surface area contributed by atoms with Crippen LogP contribution in [0.5, 0.6) is 0 Å². The minimum Gasteiger partial charge on any atom is -0.342 e. The standard InChI is InChI=1S/C12H22N2O/c1-6-7-11(13)12(15)14(5)10(4)8-9(2)3/h1,9-11H,7-8,13H2,2-5H3. The molecule has 2 unspecified atom stereocenters. The van der Waals surface area contributed by atoms with Gasteiger partial charge in [-0.1, -0.05) is 13.8 Å². The van der Waals surface area contributed by atoms with Crippen molar-refractivity contribution in [1.29, 1.82) is 0 Å². The van der Waals surface area contributed by atoms with Gasteiger partial charge in [-0.2, -0.15) is 0 Å². The van der Waals surface area contributed by atoms with Crippen LogP contribution in [0.1, 0.15) is 33.6 Å². The minimum atomic E-state index is -0.561. The maximum atomic E-state index is 11.8. The molecule has 0 spiro atoms. The summed E-state index contributed by atoms with van der Waals surface area (Å²) in [7, 11) is 1.78.